The zero-order valence-electron chi connectivity index (χ0n) is 6.44. The Morgan fingerprint density at radius 3 is 2.91 bits per heavy atom. The second-order valence-electron chi connectivity index (χ2n) is 3.00. The molecule has 5 nitrogen and oxygen atoms in total. The van der Waals surface area contributed by atoms with Gasteiger partial charge in [-0.2, -0.15) is 0 Å². The first-order valence-corrected chi connectivity index (χ1v) is 3.82. The van der Waals surface area contributed by atoms with Crippen molar-refractivity contribution in [1.29, 1.82) is 0 Å². The zero-order valence-corrected chi connectivity index (χ0v) is 6.44. The van der Waals surface area contributed by atoms with Crippen molar-refractivity contribution in [1.82, 2.24) is 20.2 Å². The van der Waals surface area contributed by atoms with E-state index in [1.807, 2.05) is 11.6 Å². The third kappa shape index (κ3) is 1.11. The van der Waals surface area contributed by atoms with Gasteiger partial charge in [0.2, 0.25) is 0 Å². The molecular formula is C6H11N5. The van der Waals surface area contributed by atoms with Crippen LogP contribution in [0.2, 0.25) is 0 Å². The van der Waals surface area contributed by atoms with Crippen molar-refractivity contribution in [2.75, 3.05) is 0 Å². The summed E-state index contributed by atoms with van der Waals surface area (Å²) in [5.74, 6) is 0.799. The standard InChI is InChI=1S/C6H11N5/c1-4(7)6-8-9-10-11(6)5-2-3-5/h4-5H,2-3,7H2,1H3/t4-/m1/s1. The van der Waals surface area contributed by atoms with E-state index in [1.165, 1.54) is 12.8 Å². The molecule has 2 rings (SSSR count). The highest BCUT2D eigenvalue weighted by Gasteiger charge is 2.28. The van der Waals surface area contributed by atoms with Crippen molar-refractivity contribution in [3.05, 3.63) is 5.82 Å². The number of hydrogen-bond acceptors (Lipinski definition) is 4. The van der Waals surface area contributed by atoms with Crippen LogP contribution in [-0.4, -0.2) is 20.2 Å². The molecule has 1 aromatic rings. The first-order chi connectivity index (χ1) is 5.29. The minimum absolute atomic E-state index is 0.0643. The Bertz CT molecular complexity index is 233. The highest BCUT2D eigenvalue weighted by Crippen LogP contribution is 2.34. The summed E-state index contributed by atoms with van der Waals surface area (Å²) in [5, 5.41) is 11.3. The van der Waals surface area contributed by atoms with E-state index >= 15 is 0 Å². The van der Waals surface area contributed by atoms with Gasteiger partial charge in [0.25, 0.3) is 0 Å². The van der Waals surface area contributed by atoms with E-state index in [9.17, 15) is 0 Å². The van der Waals surface area contributed by atoms with E-state index in [2.05, 4.69) is 15.5 Å². The van der Waals surface area contributed by atoms with Gasteiger partial charge in [-0.25, -0.2) is 4.68 Å². The van der Waals surface area contributed by atoms with Gasteiger partial charge < -0.3 is 5.73 Å². The summed E-state index contributed by atoms with van der Waals surface area (Å²) in [5.41, 5.74) is 5.66. The van der Waals surface area contributed by atoms with Crippen LogP contribution >= 0.6 is 0 Å². The third-order valence-electron chi connectivity index (χ3n) is 1.82. The van der Waals surface area contributed by atoms with E-state index in [0.717, 1.165) is 5.82 Å². The fourth-order valence-electron chi connectivity index (χ4n) is 1.08. The summed E-state index contributed by atoms with van der Waals surface area (Å²) < 4.78 is 1.84. The van der Waals surface area contributed by atoms with E-state index in [1.54, 1.807) is 0 Å². The molecule has 2 N–H and O–H groups in total. The van der Waals surface area contributed by atoms with Gasteiger partial charge in [0.05, 0.1) is 12.1 Å². The van der Waals surface area contributed by atoms with Crippen molar-refractivity contribution in [3.8, 4) is 0 Å². The summed E-state index contributed by atoms with van der Waals surface area (Å²) in [6.07, 6.45) is 2.37. The summed E-state index contributed by atoms with van der Waals surface area (Å²) in [6.45, 7) is 1.89. The van der Waals surface area contributed by atoms with Crippen molar-refractivity contribution < 1.29 is 0 Å². The van der Waals surface area contributed by atoms with Crippen LogP contribution in [-0.2, 0) is 0 Å². The Hall–Kier alpha value is -0.970. The lowest BCUT2D eigenvalue weighted by molar-refractivity contribution is 0.557. The fraction of sp³-hybridized carbons (Fsp3) is 0.833. The second kappa shape index (κ2) is 2.27. The molecular weight excluding hydrogens is 142 g/mol. The molecule has 0 saturated heterocycles. The van der Waals surface area contributed by atoms with Crippen LogP contribution in [0.25, 0.3) is 0 Å². The van der Waals surface area contributed by atoms with Gasteiger partial charge in [0.1, 0.15) is 0 Å². The van der Waals surface area contributed by atoms with Crippen LogP contribution in [0.4, 0.5) is 0 Å². The summed E-state index contributed by atoms with van der Waals surface area (Å²) in [7, 11) is 0. The van der Waals surface area contributed by atoms with Gasteiger partial charge in [-0.3, -0.25) is 0 Å². The maximum Gasteiger partial charge on any atom is 0.167 e. The normalized spacial score (nSPS) is 20.2. The van der Waals surface area contributed by atoms with E-state index < -0.39 is 0 Å². The number of nitrogens with zero attached hydrogens (tertiary/aromatic N) is 4. The first-order valence-electron chi connectivity index (χ1n) is 3.82. The molecule has 1 saturated carbocycles. The maximum absolute atomic E-state index is 5.66. The molecule has 1 aliphatic carbocycles. The van der Waals surface area contributed by atoms with Crippen LogP contribution in [0.15, 0.2) is 0 Å². The minimum Gasteiger partial charge on any atom is -0.322 e. The minimum atomic E-state index is -0.0643. The van der Waals surface area contributed by atoms with Crippen molar-refractivity contribution in [2.45, 2.75) is 31.8 Å². The number of nitrogens with two attached hydrogens (primary N) is 1. The second-order valence-corrected chi connectivity index (χ2v) is 3.00. The molecule has 0 spiro atoms. The van der Waals surface area contributed by atoms with Crippen molar-refractivity contribution in [3.63, 3.8) is 0 Å². The molecule has 1 fully saturated rings. The van der Waals surface area contributed by atoms with Gasteiger partial charge in [0, 0.05) is 0 Å². The Labute approximate surface area is 64.6 Å². The van der Waals surface area contributed by atoms with Crippen molar-refractivity contribution >= 4 is 0 Å². The van der Waals surface area contributed by atoms with Gasteiger partial charge in [-0.05, 0) is 30.2 Å². The third-order valence-corrected chi connectivity index (χ3v) is 1.82. The average molecular weight is 153 g/mol. The molecule has 1 aliphatic rings. The molecule has 0 unspecified atom stereocenters. The van der Waals surface area contributed by atoms with Crippen LogP contribution in [0.3, 0.4) is 0 Å². The van der Waals surface area contributed by atoms with Crippen LogP contribution < -0.4 is 5.73 Å². The largest absolute Gasteiger partial charge is 0.322 e. The lowest BCUT2D eigenvalue weighted by Gasteiger charge is -2.03. The zero-order chi connectivity index (χ0) is 7.84. The van der Waals surface area contributed by atoms with Gasteiger partial charge in [-0.1, -0.05) is 0 Å². The van der Waals surface area contributed by atoms with Crippen LogP contribution in [0.5, 0.6) is 0 Å². The van der Waals surface area contributed by atoms with E-state index in [-0.39, 0.29) is 6.04 Å². The Balaban J connectivity index is 2.30. The maximum atomic E-state index is 5.66. The molecule has 0 radical (unpaired) electrons. The number of tetrazole rings is 1. The Morgan fingerprint density at radius 2 is 2.36 bits per heavy atom. The molecule has 1 heterocycles. The van der Waals surface area contributed by atoms with Gasteiger partial charge in [0.15, 0.2) is 5.82 Å². The fourth-order valence-corrected chi connectivity index (χ4v) is 1.08. The van der Waals surface area contributed by atoms with Gasteiger partial charge >= 0.3 is 0 Å². The topological polar surface area (TPSA) is 69.6 Å². The Morgan fingerprint density at radius 1 is 1.64 bits per heavy atom. The molecule has 5 heteroatoms. The molecule has 0 aromatic carbocycles. The van der Waals surface area contributed by atoms with Crippen LogP contribution in [0, 0.1) is 0 Å². The highest BCUT2D eigenvalue weighted by atomic mass is 15.6. The van der Waals surface area contributed by atoms with Crippen molar-refractivity contribution in [2.24, 2.45) is 5.73 Å². The molecule has 0 aliphatic heterocycles. The lowest BCUT2D eigenvalue weighted by atomic mass is 10.3. The predicted octanol–water partition coefficient (Wildman–Crippen LogP) is 0.0277. The molecule has 0 amide bonds. The quantitative estimate of drug-likeness (QED) is 0.650. The van der Waals surface area contributed by atoms with E-state index in [0.29, 0.717) is 6.04 Å². The number of hydrogen-bond donors (Lipinski definition) is 1. The molecule has 0 bridgehead atoms. The number of rotatable bonds is 2. The molecule has 60 valence electrons. The van der Waals surface area contributed by atoms with E-state index in [4.69, 9.17) is 5.73 Å². The average Bonchev–Trinajstić information content (AvgIpc) is 2.68. The molecule has 1 aromatic heterocycles. The smallest absolute Gasteiger partial charge is 0.167 e. The predicted molar refractivity (Wildman–Crippen MR) is 38.7 cm³/mol. The first kappa shape index (κ1) is 6.72. The molecule has 1 atom stereocenters. The SMILES string of the molecule is C[C@@H](N)c1nnnn1C1CC1. The summed E-state index contributed by atoms with van der Waals surface area (Å²) >= 11 is 0. The number of aromatic nitrogens is 4. The highest BCUT2D eigenvalue weighted by molar-refractivity contribution is 4.93. The Kier molecular flexibility index (Phi) is 1.38. The van der Waals surface area contributed by atoms with Gasteiger partial charge in [-0.15, -0.1) is 5.10 Å². The lowest BCUT2D eigenvalue weighted by Crippen LogP contribution is -2.13. The summed E-state index contributed by atoms with van der Waals surface area (Å²) in [4.78, 5) is 0. The molecule has 11 heavy (non-hydrogen) atoms. The summed E-state index contributed by atoms with van der Waals surface area (Å²) in [6, 6.07) is 0.455. The van der Waals surface area contributed by atoms with Crippen LogP contribution in [0.1, 0.15) is 37.7 Å². The monoisotopic (exact) mass is 153 g/mol.